The zero-order chi connectivity index (χ0) is 14.8. The summed E-state index contributed by atoms with van der Waals surface area (Å²) in [6.07, 6.45) is 2.97. The van der Waals surface area contributed by atoms with Gasteiger partial charge in [-0.25, -0.2) is 17.1 Å². The van der Waals surface area contributed by atoms with Gasteiger partial charge in [-0.3, -0.25) is 0 Å². The molecule has 1 aromatic rings. The van der Waals surface area contributed by atoms with Crippen molar-refractivity contribution in [3.8, 4) is 0 Å². The highest BCUT2D eigenvalue weighted by atomic mass is 32.2. The highest BCUT2D eigenvalue weighted by Crippen LogP contribution is 2.23. The Balaban J connectivity index is 2.29. The number of hydrogen-bond donors (Lipinski definition) is 1. The Morgan fingerprint density at radius 3 is 2.70 bits per heavy atom. The third kappa shape index (κ3) is 3.56. The lowest BCUT2D eigenvalue weighted by atomic mass is 10.2. The molecule has 0 saturated heterocycles. The fourth-order valence-corrected chi connectivity index (χ4v) is 3.55. The van der Waals surface area contributed by atoms with Crippen LogP contribution in [0.3, 0.4) is 0 Å². The molecule has 1 aliphatic carbocycles. The minimum absolute atomic E-state index is 0.0709. The molecule has 4 nitrogen and oxygen atoms in total. The molecule has 0 amide bonds. The number of sulfonamides is 1. The summed E-state index contributed by atoms with van der Waals surface area (Å²) in [6, 6.07) is 4.45. The van der Waals surface area contributed by atoms with Crippen molar-refractivity contribution in [3.05, 3.63) is 29.6 Å². The van der Waals surface area contributed by atoms with Gasteiger partial charge in [0.2, 0.25) is 10.0 Å². The first-order valence-electron chi connectivity index (χ1n) is 6.93. The molecule has 112 valence electrons. The van der Waals surface area contributed by atoms with E-state index in [0.717, 1.165) is 25.3 Å². The minimum Gasteiger partial charge on any atom is -0.310 e. The lowest BCUT2D eigenvalue weighted by Crippen LogP contribution is -2.29. The Labute approximate surface area is 120 Å². The van der Waals surface area contributed by atoms with Gasteiger partial charge in [-0.2, -0.15) is 0 Å². The maximum atomic E-state index is 13.4. The molecule has 20 heavy (non-hydrogen) atoms. The van der Waals surface area contributed by atoms with E-state index in [1.165, 1.54) is 17.4 Å². The van der Waals surface area contributed by atoms with Crippen LogP contribution in [-0.4, -0.2) is 32.4 Å². The van der Waals surface area contributed by atoms with Crippen molar-refractivity contribution in [3.63, 3.8) is 0 Å². The summed E-state index contributed by atoms with van der Waals surface area (Å²) < 4.78 is 39.7. The van der Waals surface area contributed by atoms with E-state index in [4.69, 9.17) is 0 Å². The second kappa shape index (κ2) is 6.20. The zero-order valence-electron chi connectivity index (χ0n) is 11.9. The molecular weight excluding hydrogens is 279 g/mol. The van der Waals surface area contributed by atoms with Gasteiger partial charge >= 0.3 is 0 Å². The lowest BCUT2D eigenvalue weighted by molar-refractivity contribution is 0.466. The standard InChI is InChI=1S/C14H21FN2O2S/c1-3-8-17(2)20(18,19)14-9-12(15)5-4-11(14)10-16-13-6-7-13/h4-5,9,13,16H,3,6-8,10H2,1-2H3. The van der Waals surface area contributed by atoms with E-state index in [2.05, 4.69) is 5.32 Å². The summed E-state index contributed by atoms with van der Waals surface area (Å²) in [5, 5.41) is 3.27. The van der Waals surface area contributed by atoms with E-state index >= 15 is 0 Å². The SMILES string of the molecule is CCCN(C)S(=O)(=O)c1cc(F)ccc1CNC1CC1. The Hall–Kier alpha value is -0.980. The number of nitrogens with one attached hydrogen (secondary N) is 1. The first kappa shape index (κ1) is 15.4. The van der Waals surface area contributed by atoms with Gasteiger partial charge in [-0.15, -0.1) is 0 Å². The van der Waals surface area contributed by atoms with E-state index in [-0.39, 0.29) is 4.90 Å². The molecule has 1 saturated carbocycles. The highest BCUT2D eigenvalue weighted by Gasteiger charge is 2.26. The third-order valence-corrected chi connectivity index (χ3v) is 5.35. The van der Waals surface area contributed by atoms with Gasteiger partial charge in [0, 0.05) is 26.2 Å². The van der Waals surface area contributed by atoms with Crippen LogP contribution in [0.5, 0.6) is 0 Å². The number of hydrogen-bond acceptors (Lipinski definition) is 3. The van der Waals surface area contributed by atoms with Crippen LogP contribution < -0.4 is 5.32 Å². The van der Waals surface area contributed by atoms with E-state index < -0.39 is 15.8 Å². The average molecular weight is 300 g/mol. The predicted octanol–water partition coefficient (Wildman–Crippen LogP) is 2.11. The topological polar surface area (TPSA) is 49.4 Å². The van der Waals surface area contributed by atoms with E-state index in [9.17, 15) is 12.8 Å². The molecule has 0 heterocycles. The van der Waals surface area contributed by atoms with Crippen LogP contribution in [0.2, 0.25) is 0 Å². The van der Waals surface area contributed by atoms with Crippen LogP contribution in [0.15, 0.2) is 23.1 Å². The number of nitrogens with zero attached hydrogens (tertiary/aromatic N) is 1. The second-order valence-corrected chi connectivity index (χ2v) is 7.25. The normalized spacial score (nSPS) is 15.8. The van der Waals surface area contributed by atoms with Crippen molar-refractivity contribution in [2.75, 3.05) is 13.6 Å². The van der Waals surface area contributed by atoms with E-state index in [0.29, 0.717) is 24.7 Å². The van der Waals surface area contributed by atoms with Crippen LogP contribution >= 0.6 is 0 Å². The predicted molar refractivity (Wildman–Crippen MR) is 76.4 cm³/mol. The van der Waals surface area contributed by atoms with Crippen LogP contribution in [0.25, 0.3) is 0 Å². The second-order valence-electron chi connectivity index (χ2n) is 5.23. The van der Waals surface area contributed by atoms with Crippen molar-refractivity contribution in [1.29, 1.82) is 0 Å². The van der Waals surface area contributed by atoms with Crippen molar-refractivity contribution >= 4 is 10.0 Å². The van der Waals surface area contributed by atoms with Gasteiger partial charge < -0.3 is 5.32 Å². The van der Waals surface area contributed by atoms with Crippen molar-refractivity contribution < 1.29 is 12.8 Å². The van der Waals surface area contributed by atoms with Crippen LogP contribution in [0.1, 0.15) is 31.7 Å². The molecule has 0 bridgehead atoms. The molecule has 0 spiro atoms. The largest absolute Gasteiger partial charge is 0.310 e. The Morgan fingerprint density at radius 2 is 2.10 bits per heavy atom. The molecule has 0 radical (unpaired) electrons. The molecule has 1 N–H and O–H groups in total. The lowest BCUT2D eigenvalue weighted by Gasteiger charge is -2.19. The zero-order valence-corrected chi connectivity index (χ0v) is 12.7. The highest BCUT2D eigenvalue weighted by molar-refractivity contribution is 7.89. The van der Waals surface area contributed by atoms with Crippen LogP contribution in [0.4, 0.5) is 4.39 Å². The molecule has 2 rings (SSSR count). The quantitative estimate of drug-likeness (QED) is 0.839. The summed E-state index contributed by atoms with van der Waals surface area (Å²) in [7, 11) is -2.10. The first-order valence-corrected chi connectivity index (χ1v) is 8.37. The van der Waals surface area contributed by atoms with Gasteiger partial charge in [0.05, 0.1) is 4.90 Å². The maximum Gasteiger partial charge on any atom is 0.243 e. The number of rotatable bonds is 7. The molecule has 0 atom stereocenters. The Bertz CT molecular complexity index is 571. The van der Waals surface area contributed by atoms with E-state index in [1.807, 2.05) is 6.92 Å². The van der Waals surface area contributed by atoms with Crippen molar-refractivity contribution in [2.45, 2.75) is 43.7 Å². The third-order valence-electron chi connectivity index (χ3n) is 3.41. The smallest absolute Gasteiger partial charge is 0.243 e. The molecule has 0 aromatic heterocycles. The van der Waals surface area contributed by atoms with Gasteiger partial charge in [-0.1, -0.05) is 13.0 Å². The monoisotopic (exact) mass is 300 g/mol. The van der Waals surface area contributed by atoms with Crippen LogP contribution in [-0.2, 0) is 16.6 Å². The molecule has 1 aromatic carbocycles. The maximum absolute atomic E-state index is 13.4. The summed E-state index contributed by atoms with van der Waals surface area (Å²) in [5.41, 5.74) is 0.626. The van der Waals surface area contributed by atoms with Crippen LogP contribution in [0, 0.1) is 5.82 Å². The molecular formula is C14H21FN2O2S. The summed E-state index contributed by atoms with van der Waals surface area (Å²) >= 11 is 0. The number of benzene rings is 1. The Morgan fingerprint density at radius 1 is 1.40 bits per heavy atom. The van der Waals surface area contributed by atoms with Gasteiger partial charge in [0.1, 0.15) is 5.82 Å². The molecule has 1 aliphatic rings. The molecule has 0 unspecified atom stereocenters. The molecule has 1 fully saturated rings. The molecule has 6 heteroatoms. The summed E-state index contributed by atoms with van der Waals surface area (Å²) in [6.45, 7) is 2.79. The summed E-state index contributed by atoms with van der Waals surface area (Å²) in [5.74, 6) is -0.524. The Kier molecular flexibility index (Phi) is 4.78. The van der Waals surface area contributed by atoms with Gasteiger partial charge in [0.25, 0.3) is 0 Å². The average Bonchev–Trinajstić information content (AvgIpc) is 3.21. The number of halogens is 1. The fourth-order valence-electron chi connectivity index (χ4n) is 2.06. The van der Waals surface area contributed by atoms with Gasteiger partial charge in [0.15, 0.2) is 0 Å². The van der Waals surface area contributed by atoms with Crippen molar-refractivity contribution in [1.82, 2.24) is 9.62 Å². The summed E-state index contributed by atoms with van der Waals surface area (Å²) in [4.78, 5) is 0.0709. The van der Waals surface area contributed by atoms with Crippen molar-refractivity contribution in [2.24, 2.45) is 0 Å². The minimum atomic E-state index is -3.63. The van der Waals surface area contributed by atoms with E-state index in [1.54, 1.807) is 6.07 Å². The fraction of sp³-hybridized carbons (Fsp3) is 0.571. The van der Waals surface area contributed by atoms with Gasteiger partial charge in [-0.05, 0) is 37.0 Å². The molecule has 0 aliphatic heterocycles. The first-order chi connectivity index (χ1) is 9.45.